The Kier molecular flexibility index (Phi) is 6.87. The molecular weight excluding hydrogens is 278 g/mol. The minimum Gasteiger partial charge on any atom is -0.393 e. The van der Waals surface area contributed by atoms with Crippen LogP contribution in [-0.2, 0) is 14.3 Å². The van der Waals surface area contributed by atoms with Crippen molar-refractivity contribution in [3.63, 3.8) is 0 Å². The fourth-order valence-corrected chi connectivity index (χ4v) is 2.42. The fourth-order valence-electron chi connectivity index (χ4n) is 2.15. The average Bonchev–Trinajstić information content (AvgIpc) is 2.45. The normalized spacial score (nSPS) is 20.3. The second kappa shape index (κ2) is 8.16. The molecule has 1 rings (SSSR count). The number of morpholine rings is 1. The number of hydrogen-bond acceptors (Lipinski definition) is 4. The minimum atomic E-state index is -0.591. The van der Waals surface area contributed by atoms with Gasteiger partial charge in [0.05, 0.1) is 24.1 Å². The number of rotatable bonds is 6. The Morgan fingerprint density at radius 2 is 2.20 bits per heavy atom. The van der Waals surface area contributed by atoms with Crippen LogP contribution in [-0.4, -0.2) is 54.0 Å². The number of ether oxygens (including phenoxy) is 1. The standard InChI is InChI=1S/C13H23N3O3S/c1-3-5-15-12(17)10-8-19-7-6-16(10)13(18)9(4-2)11(14)20/h9-10H,3-8H2,1-2H3,(H2,14,20)(H,15,17). The van der Waals surface area contributed by atoms with Gasteiger partial charge in [-0.3, -0.25) is 9.59 Å². The molecule has 0 aliphatic carbocycles. The maximum Gasteiger partial charge on any atom is 0.245 e. The largest absolute Gasteiger partial charge is 0.393 e. The van der Waals surface area contributed by atoms with Crippen LogP contribution >= 0.6 is 12.2 Å². The summed E-state index contributed by atoms with van der Waals surface area (Å²) in [5, 5.41) is 2.80. The number of amides is 2. The highest BCUT2D eigenvalue weighted by Crippen LogP contribution is 2.15. The molecule has 3 N–H and O–H groups in total. The Bertz CT molecular complexity index is 376. The number of thiocarbonyl (C=S) groups is 1. The summed E-state index contributed by atoms with van der Waals surface area (Å²) in [6.45, 7) is 5.45. The summed E-state index contributed by atoms with van der Waals surface area (Å²) in [7, 11) is 0. The third kappa shape index (κ3) is 4.14. The maximum atomic E-state index is 12.5. The van der Waals surface area contributed by atoms with Gasteiger partial charge in [-0.2, -0.15) is 0 Å². The van der Waals surface area contributed by atoms with E-state index in [9.17, 15) is 9.59 Å². The van der Waals surface area contributed by atoms with Crippen molar-refractivity contribution in [2.75, 3.05) is 26.3 Å². The molecule has 20 heavy (non-hydrogen) atoms. The van der Waals surface area contributed by atoms with Crippen LogP contribution in [0.1, 0.15) is 26.7 Å². The Labute approximate surface area is 125 Å². The predicted octanol–water partition coefficient (Wildman–Crippen LogP) is 0.0523. The highest BCUT2D eigenvalue weighted by atomic mass is 32.1. The van der Waals surface area contributed by atoms with Crippen molar-refractivity contribution in [2.45, 2.75) is 32.7 Å². The zero-order valence-corrected chi connectivity index (χ0v) is 12.9. The van der Waals surface area contributed by atoms with Gasteiger partial charge >= 0.3 is 0 Å². The molecule has 2 unspecified atom stereocenters. The van der Waals surface area contributed by atoms with Gasteiger partial charge in [-0.25, -0.2) is 0 Å². The number of nitrogens with one attached hydrogen (secondary N) is 1. The molecule has 2 atom stereocenters. The van der Waals surface area contributed by atoms with Crippen molar-refractivity contribution >= 4 is 29.0 Å². The van der Waals surface area contributed by atoms with Crippen LogP contribution in [0, 0.1) is 5.92 Å². The predicted molar refractivity (Wildman–Crippen MR) is 80.2 cm³/mol. The van der Waals surface area contributed by atoms with Crippen molar-refractivity contribution in [1.82, 2.24) is 10.2 Å². The Hall–Kier alpha value is -1.21. The van der Waals surface area contributed by atoms with Gasteiger partial charge in [0.2, 0.25) is 11.8 Å². The van der Waals surface area contributed by atoms with Gasteiger partial charge in [0, 0.05) is 13.1 Å². The smallest absolute Gasteiger partial charge is 0.245 e. The van der Waals surface area contributed by atoms with Crippen molar-refractivity contribution in [2.24, 2.45) is 11.7 Å². The molecule has 0 radical (unpaired) electrons. The zero-order chi connectivity index (χ0) is 15.1. The van der Waals surface area contributed by atoms with Crippen LogP contribution in [0.5, 0.6) is 0 Å². The third-order valence-electron chi connectivity index (χ3n) is 3.31. The van der Waals surface area contributed by atoms with Crippen molar-refractivity contribution < 1.29 is 14.3 Å². The van der Waals surface area contributed by atoms with E-state index < -0.39 is 12.0 Å². The summed E-state index contributed by atoms with van der Waals surface area (Å²) in [5.41, 5.74) is 5.61. The Morgan fingerprint density at radius 1 is 1.50 bits per heavy atom. The van der Waals surface area contributed by atoms with E-state index in [0.29, 0.717) is 26.1 Å². The third-order valence-corrected chi connectivity index (χ3v) is 3.60. The van der Waals surface area contributed by atoms with Crippen LogP contribution in [0.2, 0.25) is 0 Å². The first-order valence-electron chi connectivity index (χ1n) is 6.98. The number of carbonyl (C=O) groups excluding carboxylic acids is 2. The molecule has 0 aromatic carbocycles. The molecule has 0 bridgehead atoms. The molecule has 1 heterocycles. The molecule has 7 heteroatoms. The molecule has 1 fully saturated rings. The quantitative estimate of drug-likeness (QED) is 0.677. The lowest BCUT2D eigenvalue weighted by atomic mass is 10.0. The van der Waals surface area contributed by atoms with E-state index in [4.69, 9.17) is 22.7 Å². The summed E-state index contributed by atoms with van der Waals surface area (Å²) < 4.78 is 5.32. The van der Waals surface area contributed by atoms with Gasteiger partial charge in [-0.1, -0.05) is 26.1 Å². The maximum absolute atomic E-state index is 12.5. The van der Waals surface area contributed by atoms with Crippen molar-refractivity contribution in [3.05, 3.63) is 0 Å². The lowest BCUT2D eigenvalue weighted by Gasteiger charge is -2.36. The number of carbonyl (C=O) groups is 2. The van der Waals surface area contributed by atoms with Gasteiger partial charge in [0.25, 0.3) is 0 Å². The first-order valence-corrected chi connectivity index (χ1v) is 7.38. The van der Waals surface area contributed by atoms with Gasteiger partial charge in [-0.15, -0.1) is 0 Å². The molecule has 0 aromatic heterocycles. The van der Waals surface area contributed by atoms with Crippen LogP contribution in [0.3, 0.4) is 0 Å². The van der Waals surface area contributed by atoms with Gasteiger partial charge < -0.3 is 20.7 Å². The molecule has 114 valence electrons. The van der Waals surface area contributed by atoms with Crippen molar-refractivity contribution in [1.29, 1.82) is 0 Å². The minimum absolute atomic E-state index is 0.178. The first-order chi connectivity index (χ1) is 9.52. The lowest BCUT2D eigenvalue weighted by molar-refractivity contribution is -0.150. The Morgan fingerprint density at radius 3 is 2.75 bits per heavy atom. The summed E-state index contributed by atoms with van der Waals surface area (Å²) in [6.07, 6.45) is 1.38. The number of nitrogens with zero attached hydrogens (tertiary/aromatic N) is 1. The second-order valence-electron chi connectivity index (χ2n) is 4.78. The van der Waals surface area contributed by atoms with E-state index in [1.807, 2.05) is 13.8 Å². The molecule has 2 amide bonds. The molecule has 6 nitrogen and oxygen atoms in total. The van der Waals surface area contributed by atoms with Crippen molar-refractivity contribution in [3.8, 4) is 0 Å². The van der Waals surface area contributed by atoms with Crippen LogP contribution in [0.25, 0.3) is 0 Å². The molecule has 1 saturated heterocycles. The molecule has 1 aliphatic heterocycles. The first kappa shape index (κ1) is 16.8. The topological polar surface area (TPSA) is 84.7 Å². The number of hydrogen-bond donors (Lipinski definition) is 2. The monoisotopic (exact) mass is 301 g/mol. The van der Waals surface area contributed by atoms with E-state index >= 15 is 0 Å². The average molecular weight is 301 g/mol. The SMILES string of the molecule is CCCNC(=O)C1COCCN1C(=O)C(CC)C(N)=S. The Balaban J connectivity index is 2.79. The van der Waals surface area contributed by atoms with Crippen LogP contribution in [0.4, 0.5) is 0 Å². The highest BCUT2D eigenvalue weighted by Gasteiger charge is 2.36. The summed E-state index contributed by atoms with van der Waals surface area (Å²) >= 11 is 4.93. The molecule has 0 spiro atoms. The summed E-state index contributed by atoms with van der Waals surface area (Å²) in [6, 6.07) is -0.591. The van der Waals surface area contributed by atoms with E-state index in [1.165, 1.54) is 0 Å². The number of nitrogens with two attached hydrogens (primary N) is 1. The van der Waals surface area contributed by atoms with Crippen LogP contribution < -0.4 is 11.1 Å². The summed E-state index contributed by atoms with van der Waals surface area (Å²) in [4.78, 5) is 26.3. The van der Waals surface area contributed by atoms with E-state index in [1.54, 1.807) is 4.90 Å². The highest BCUT2D eigenvalue weighted by molar-refractivity contribution is 7.80. The van der Waals surface area contributed by atoms with E-state index in [2.05, 4.69) is 5.32 Å². The van der Waals surface area contributed by atoms with E-state index in [-0.39, 0.29) is 23.4 Å². The molecule has 0 saturated carbocycles. The lowest BCUT2D eigenvalue weighted by Crippen LogP contribution is -2.58. The summed E-state index contributed by atoms with van der Waals surface area (Å²) in [5.74, 6) is -0.873. The van der Waals surface area contributed by atoms with E-state index in [0.717, 1.165) is 6.42 Å². The fraction of sp³-hybridized carbons (Fsp3) is 0.769. The molecular formula is C13H23N3O3S. The molecule has 1 aliphatic rings. The van der Waals surface area contributed by atoms with Gasteiger partial charge in [-0.05, 0) is 12.8 Å². The second-order valence-corrected chi connectivity index (χ2v) is 5.25. The molecule has 0 aromatic rings. The van der Waals surface area contributed by atoms with Gasteiger partial charge in [0.15, 0.2) is 0 Å². The zero-order valence-electron chi connectivity index (χ0n) is 12.1. The van der Waals surface area contributed by atoms with Crippen LogP contribution in [0.15, 0.2) is 0 Å². The van der Waals surface area contributed by atoms with Gasteiger partial charge in [0.1, 0.15) is 6.04 Å².